The van der Waals surface area contributed by atoms with Crippen molar-refractivity contribution in [2.24, 2.45) is 11.8 Å². The van der Waals surface area contributed by atoms with Gasteiger partial charge in [-0.25, -0.2) is 0 Å². The molecular weight excluding hydrogens is 276 g/mol. The molecule has 0 N–H and O–H groups in total. The topological polar surface area (TPSA) is 16.1 Å². The van der Waals surface area contributed by atoms with Gasteiger partial charge in [-0.15, -0.1) is 0 Å². The highest BCUT2D eigenvalue weighted by atomic mass is 79.9. The summed E-state index contributed by atoms with van der Waals surface area (Å²) in [6, 6.07) is 4.16. The van der Waals surface area contributed by atoms with Crippen LogP contribution in [0.25, 0.3) is 0 Å². The zero-order valence-corrected chi connectivity index (χ0v) is 12.9. The number of hydrogen-bond acceptors (Lipinski definition) is 2. The van der Waals surface area contributed by atoms with Crippen molar-refractivity contribution >= 4 is 15.9 Å². The van der Waals surface area contributed by atoms with Crippen molar-refractivity contribution < 1.29 is 0 Å². The summed E-state index contributed by atoms with van der Waals surface area (Å²) in [6.45, 7) is 12.3. The van der Waals surface area contributed by atoms with E-state index in [-0.39, 0.29) is 0 Å². The van der Waals surface area contributed by atoms with Crippen molar-refractivity contribution in [3.05, 3.63) is 28.5 Å². The number of hydrogen-bond donors (Lipinski definition) is 0. The normalized spacial score (nSPS) is 11.8. The molecule has 0 aliphatic carbocycles. The molecule has 17 heavy (non-hydrogen) atoms. The van der Waals surface area contributed by atoms with Gasteiger partial charge in [0, 0.05) is 30.3 Å². The molecule has 0 aliphatic heterocycles. The summed E-state index contributed by atoms with van der Waals surface area (Å²) in [5.74, 6) is 1.40. The molecule has 0 aliphatic rings. The van der Waals surface area contributed by atoms with Crippen LogP contribution >= 0.6 is 15.9 Å². The van der Waals surface area contributed by atoms with E-state index in [2.05, 4.69) is 65.6 Å². The molecule has 1 aromatic heterocycles. The Morgan fingerprint density at radius 1 is 1.12 bits per heavy atom. The zero-order chi connectivity index (χ0) is 12.8. The molecule has 0 amide bonds. The molecule has 0 spiro atoms. The van der Waals surface area contributed by atoms with E-state index in [1.54, 1.807) is 0 Å². The van der Waals surface area contributed by atoms with Gasteiger partial charge >= 0.3 is 0 Å². The molecule has 1 aromatic rings. The fourth-order valence-electron chi connectivity index (χ4n) is 1.97. The largest absolute Gasteiger partial charge is 0.297 e. The number of rotatable bonds is 6. The van der Waals surface area contributed by atoms with Crippen LogP contribution in [0.4, 0.5) is 0 Å². The molecule has 0 saturated heterocycles. The van der Waals surface area contributed by atoms with Crippen molar-refractivity contribution in [2.45, 2.75) is 34.2 Å². The van der Waals surface area contributed by atoms with E-state index in [0.717, 1.165) is 29.8 Å². The lowest BCUT2D eigenvalue weighted by Gasteiger charge is -2.25. The maximum atomic E-state index is 4.44. The predicted molar refractivity (Wildman–Crippen MR) is 76.9 cm³/mol. The summed E-state index contributed by atoms with van der Waals surface area (Å²) in [5, 5.41) is 0. The molecule has 0 bridgehead atoms. The summed E-state index contributed by atoms with van der Waals surface area (Å²) >= 11 is 3.42. The van der Waals surface area contributed by atoms with E-state index in [0.29, 0.717) is 11.8 Å². The number of pyridine rings is 1. The van der Waals surface area contributed by atoms with Gasteiger partial charge in [0.1, 0.15) is 0 Å². The quantitative estimate of drug-likeness (QED) is 0.790. The van der Waals surface area contributed by atoms with E-state index >= 15 is 0 Å². The van der Waals surface area contributed by atoms with Crippen LogP contribution in [0.15, 0.2) is 22.8 Å². The summed E-state index contributed by atoms with van der Waals surface area (Å²) in [5.41, 5.74) is 1.15. The van der Waals surface area contributed by atoms with Crippen LogP contribution in [0.1, 0.15) is 33.4 Å². The van der Waals surface area contributed by atoms with Crippen molar-refractivity contribution in [1.29, 1.82) is 0 Å². The average Bonchev–Trinajstić information content (AvgIpc) is 2.19. The molecule has 1 heterocycles. The Hall–Kier alpha value is -0.410. The highest BCUT2D eigenvalue weighted by molar-refractivity contribution is 9.10. The van der Waals surface area contributed by atoms with Gasteiger partial charge in [0.05, 0.1) is 5.69 Å². The third-order valence-electron chi connectivity index (χ3n) is 2.42. The Bertz CT molecular complexity index is 309. The van der Waals surface area contributed by atoms with Crippen LogP contribution in [0.2, 0.25) is 0 Å². The molecule has 0 atom stereocenters. The first kappa shape index (κ1) is 14.7. The van der Waals surface area contributed by atoms with E-state index in [1.165, 1.54) is 0 Å². The van der Waals surface area contributed by atoms with Crippen LogP contribution in [0.3, 0.4) is 0 Å². The van der Waals surface area contributed by atoms with Crippen LogP contribution in [0.5, 0.6) is 0 Å². The fourth-order valence-corrected chi connectivity index (χ4v) is 2.20. The Balaban J connectivity index is 2.61. The molecule has 0 aromatic carbocycles. The van der Waals surface area contributed by atoms with Gasteiger partial charge in [-0.3, -0.25) is 9.88 Å². The average molecular weight is 299 g/mol. The van der Waals surface area contributed by atoms with E-state index in [1.807, 2.05) is 6.20 Å². The molecule has 2 nitrogen and oxygen atoms in total. The first-order valence-electron chi connectivity index (χ1n) is 6.30. The highest BCUT2D eigenvalue weighted by Gasteiger charge is 2.10. The minimum absolute atomic E-state index is 0.698. The molecule has 3 heteroatoms. The van der Waals surface area contributed by atoms with Gasteiger partial charge in [0.25, 0.3) is 0 Å². The fraction of sp³-hybridized carbons (Fsp3) is 0.643. The Kier molecular flexibility index (Phi) is 6.14. The van der Waals surface area contributed by atoms with Gasteiger partial charge in [-0.1, -0.05) is 27.7 Å². The Morgan fingerprint density at radius 3 is 2.12 bits per heavy atom. The molecule has 0 radical (unpaired) electrons. The van der Waals surface area contributed by atoms with Crippen molar-refractivity contribution in [1.82, 2.24) is 9.88 Å². The third kappa shape index (κ3) is 6.18. The molecular formula is C14H23BrN2. The maximum absolute atomic E-state index is 4.44. The summed E-state index contributed by atoms with van der Waals surface area (Å²) in [7, 11) is 0. The van der Waals surface area contributed by atoms with Gasteiger partial charge in [-0.2, -0.15) is 0 Å². The van der Waals surface area contributed by atoms with Gasteiger partial charge in [-0.05, 0) is 39.9 Å². The van der Waals surface area contributed by atoms with E-state index in [9.17, 15) is 0 Å². The van der Waals surface area contributed by atoms with Crippen LogP contribution in [-0.2, 0) is 6.54 Å². The summed E-state index contributed by atoms with van der Waals surface area (Å²) in [6.07, 6.45) is 1.87. The lowest BCUT2D eigenvalue weighted by Crippen LogP contribution is -2.31. The van der Waals surface area contributed by atoms with Crippen molar-refractivity contribution in [2.75, 3.05) is 13.1 Å². The van der Waals surface area contributed by atoms with Crippen molar-refractivity contribution in [3.63, 3.8) is 0 Å². The Labute approximate surface area is 114 Å². The summed E-state index contributed by atoms with van der Waals surface area (Å²) < 4.78 is 1.04. The standard InChI is InChI=1S/C14H23BrN2/c1-11(2)8-17(9-12(3)4)10-14-6-5-13(15)7-16-14/h5-7,11-12H,8-10H2,1-4H3. The van der Waals surface area contributed by atoms with E-state index in [4.69, 9.17) is 0 Å². The molecule has 0 fully saturated rings. The van der Waals surface area contributed by atoms with Crippen molar-refractivity contribution in [3.8, 4) is 0 Å². The Morgan fingerprint density at radius 2 is 1.71 bits per heavy atom. The molecule has 96 valence electrons. The number of nitrogens with zero attached hydrogens (tertiary/aromatic N) is 2. The third-order valence-corrected chi connectivity index (χ3v) is 2.89. The lowest BCUT2D eigenvalue weighted by molar-refractivity contribution is 0.209. The van der Waals surface area contributed by atoms with Crippen LogP contribution < -0.4 is 0 Å². The summed E-state index contributed by atoms with van der Waals surface area (Å²) in [4.78, 5) is 6.94. The highest BCUT2D eigenvalue weighted by Crippen LogP contribution is 2.11. The van der Waals surface area contributed by atoms with Gasteiger partial charge in [0.15, 0.2) is 0 Å². The zero-order valence-electron chi connectivity index (χ0n) is 11.3. The number of aromatic nitrogens is 1. The van der Waals surface area contributed by atoms with Crippen LogP contribution in [0, 0.1) is 11.8 Å². The second-order valence-electron chi connectivity index (χ2n) is 5.45. The molecule has 1 rings (SSSR count). The van der Waals surface area contributed by atoms with Crippen LogP contribution in [-0.4, -0.2) is 23.0 Å². The SMILES string of the molecule is CC(C)CN(Cc1ccc(Br)cn1)CC(C)C. The molecule has 0 unspecified atom stereocenters. The maximum Gasteiger partial charge on any atom is 0.0544 e. The minimum atomic E-state index is 0.698. The lowest BCUT2D eigenvalue weighted by atomic mass is 10.1. The first-order chi connectivity index (χ1) is 7.97. The minimum Gasteiger partial charge on any atom is -0.297 e. The first-order valence-corrected chi connectivity index (χ1v) is 7.09. The smallest absolute Gasteiger partial charge is 0.0544 e. The monoisotopic (exact) mass is 298 g/mol. The second-order valence-corrected chi connectivity index (χ2v) is 6.37. The predicted octanol–water partition coefficient (Wildman–Crippen LogP) is 3.96. The van der Waals surface area contributed by atoms with Gasteiger partial charge < -0.3 is 0 Å². The van der Waals surface area contributed by atoms with E-state index < -0.39 is 0 Å². The number of halogens is 1. The van der Waals surface area contributed by atoms with Gasteiger partial charge in [0.2, 0.25) is 0 Å². The molecule has 0 saturated carbocycles. The second kappa shape index (κ2) is 7.12.